The van der Waals surface area contributed by atoms with Crippen molar-refractivity contribution >= 4 is 11.6 Å². The van der Waals surface area contributed by atoms with Crippen molar-refractivity contribution in [1.82, 2.24) is 0 Å². The summed E-state index contributed by atoms with van der Waals surface area (Å²) in [6.45, 7) is 2.72. The normalized spacial score (nSPS) is 37.0. The third kappa shape index (κ3) is 3.08. The van der Waals surface area contributed by atoms with E-state index in [0.29, 0.717) is 6.10 Å². The summed E-state index contributed by atoms with van der Waals surface area (Å²) in [6, 6.07) is 0. The van der Waals surface area contributed by atoms with E-state index in [-0.39, 0.29) is 5.41 Å². The lowest BCUT2D eigenvalue weighted by molar-refractivity contribution is -0.00924. The van der Waals surface area contributed by atoms with E-state index in [2.05, 4.69) is 0 Å². The van der Waals surface area contributed by atoms with Gasteiger partial charge in [-0.15, -0.1) is 11.6 Å². The standard InChI is InChI=1S/C12H21ClO2/c13-9-12(5-2-7-14-10-12)6-4-11-3-1-8-15-11/h11H,1-10H2. The maximum absolute atomic E-state index is 6.10. The summed E-state index contributed by atoms with van der Waals surface area (Å²) in [4.78, 5) is 0. The first-order valence-electron chi connectivity index (χ1n) is 6.10. The largest absolute Gasteiger partial charge is 0.381 e. The minimum Gasteiger partial charge on any atom is -0.381 e. The fraction of sp³-hybridized carbons (Fsp3) is 1.00. The molecule has 2 nitrogen and oxygen atoms in total. The molecule has 0 aromatic carbocycles. The molecule has 2 atom stereocenters. The van der Waals surface area contributed by atoms with Crippen LogP contribution in [0.1, 0.15) is 38.5 Å². The molecule has 15 heavy (non-hydrogen) atoms. The van der Waals surface area contributed by atoms with E-state index in [0.717, 1.165) is 38.5 Å². The van der Waals surface area contributed by atoms with Gasteiger partial charge >= 0.3 is 0 Å². The summed E-state index contributed by atoms with van der Waals surface area (Å²) in [6.07, 6.45) is 7.68. The van der Waals surface area contributed by atoms with Gasteiger partial charge in [-0.3, -0.25) is 0 Å². The highest BCUT2D eigenvalue weighted by Gasteiger charge is 2.33. The smallest absolute Gasteiger partial charge is 0.0576 e. The van der Waals surface area contributed by atoms with E-state index in [1.54, 1.807) is 0 Å². The van der Waals surface area contributed by atoms with E-state index in [9.17, 15) is 0 Å². The first-order valence-corrected chi connectivity index (χ1v) is 6.63. The van der Waals surface area contributed by atoms with Crippen LogP contribution in [0.4, 0.5) is 0 Å². The van der Waals surface area contributed by atoms with Crippen LogP contribution < -0.4 is 0 Å². The zero-order valence-electron chi connectivity index (χ0n) is 9.34. The molecule has 0 radical (unpaired) electrons. The Hall–Kier alpha value is 0.210. The second kappa shape index (κ2) is 5.51. The molecule has 2 saturated heterocycles. The number of hydrogen-bond donors (Lipinski definition) is 0. The highest BCUT2D eigenvalue weighted by molar-refractivity contribution is 6.18. The van der Waals surface area contributed by atoms with Crippen molar-refractivity contribution < 1.29 is 9.47 Å². The van der Waals surface area contributed by atoms with Gasteiger partial charge in [-0.2, -0.15) is 0 Å². The van der Waals surface area contributed by atoms with Crippen molar-refractivity contribution in [2.75, 3.05) is 25.7 Å². The number of rotatable bonds is 4. The summed E-state index contributed by atoms with van der Waals surface area (Å²) < 4.78 is 11.2. The summed E-state index contributed by atoms with van der Waals surface area (Å²) in [5, 5.41) is 0. The maximum Gasteiger partial charge on any atom is 0.0576 e. The van der Waals surface area contributed by atoms with Crippen LogP contribution in [0.2, 0.25) is 0 Å². The Kier molecular flexibility index (Phi) is 4.30. The van der Waals surface area contributed by atoms with Gasteiger partial charge in [0.15, 0.2) is 0 Å². The van der Waals surface area contributed by atoms with Gasteiger partial charge in [-0.05, 0) is 38.5 Å². The third-order valence-corrected chi connectivity index (χ3v) is 4.28. The van der Waals surface area contributed by atoms with Crippen LogP contribution in [0.25, 0.3) is 0 Å². The molecule has 3 heteroatoms. The lowest BCUT2D eigenvalue weighted by Crippen LogP contribution is -2.34. The Labute approximate surface area is 97.3 Å². The first-order chi connectivity index (χ1) is 7.35. The van der Waals surface area contributed by atoms with Crippen molar-refractivity contribution in [3.63, 3.8) is 0 Å². The van der Waals surface area contributed by atoms with Crippen LogP contribution in [0.5, 0.6) is 0 Å². The minimum atomic E-state index is 0.242. The van der Waals surface area contributed by atoms with Crippen LogP contribution in [0.15, 0.2) is 0 Å². The number of alkyl halides is 1. The predicted molar refractivity (Wildman–Crippen MR) is 61.4 cm³/mol. The number of ether oxygens (including phenoxy) is 2. The Balaban J connectivity index is 1.78. The zero-order chi connectivity index (χ0) is 10.6. The van der Waals surface area contributed by atoms with Crippen molar-refractivity contribution in [2.24, 2.45) is 5.41 Å². The summed E-state index contributed by atoms with van der Waals surface area (Å²) >= 11 is 6.10. The molecular weight excluding hydrogens is 212 g/mol. The van der Waals surface area contributed by atoms with E-state index < -0.39 is 0 Å². The van der Waals surface area contributed by atoms with Gasteiger partial charge in [-0.1, -0.05) is 0 Å². The van der Waals surface area contributed by atoms with Gasteiger partial charge in [0.1, 0.15) is 0 Å². The topological polar surface area (TPSA) is 18.5 Å². The van der Waals surface area contributed by atoms with Crippen LogP contribution in [-0.2, 0) is 9.47 Å². The fourth-order valence-electron chi connectivity index (χ4n) is 2.62. The van der Waals surface area contributed by atoms with Gasteiger partial charge < -0.3 is 9.47 Å². The molecule has 2 rings (SSSR count). The molecule has 2 aliphatic heterocycles. The van der Waals surface area contributed by atoms with Gasteiger partial charge in [0, 0.05) is 24.5 Å². The van der Waals surface area contributed by atoms with E-state index in [1.807, 2.05) is 0 Å². The highest BCUT2D eigenvalue weighted by Crippen LogP contribution is 2.36. The lowest BCUT2D eigenvalue weighted by atomic mass is 9.79. The molecule has 0 aromatic heterocycles. The molecular formula is C12H21ClO2. The molecule has 2 fully saturated rings. The third-order valence-electron chi connectivity index (χ3n) is 3.71. The van der Waals surface area contributed by atoms with E-state index in [4.69, 9.17) is 21.1 Å². The molecule has 0 saturated carbocycles. The van der Waals surface area contributed by atoms with Crippen LogP contribution >= 0.6 is 11.6 Å². The molecule has 0 N–H and O–H groups in total. The Bertz CT molecular complexity index is 184. The van der Waals surface area contributed by atoms with Crippen LogP contribution in [-0.4, -0.2) is 31.8 Å². The number of hydrogen-bond acceptors (Lipinski definition) is 2. The molecule has 0 spiro atoms. The summed E-state index contributed by atoms with van der Waals surface area (Å²) in [7, 11) is 0. The molecule has 0 aromatic rings. The lowest BCUT2D eigenvalue weighted by Gasteiger charge is -2.36. The molecule has 2 aliphatic rings. The SMILES string of the molecule is ClCC1(CCC2CCCO2)CCCOC1. The zero-order valence-corrected chi connectivity index (χ0v) is 10.1. The van der Waals surface area contributed by atoms with Crippen LogP contribution in [0.3, 0.4) is 0 Å². The Morgan fingerprint density at radius 1 is 1.27 bits per heavy atom. The van der Waals surface area contributed by atoms with Gasteiger partial charge in [0.25, 0.3) is 0 Å². The summed E-state index contributed by atoms with van der Waals surface area (Å²) in [5.41, 5.74) is 0.242. The molecule has 0 aliphatic carbocycles. The average molecular weight is 233 g/mol. The van der Waals surface area contributed by atoms with Crippen molar-refractivity contribution in [3.05, 3.63) is 0 Å². The molecule has 88 valence electrons. The quantitative estimate of drug-likeness (QED) is 0.694. The number of halogens is 1. The van der Waals surface area contributed by atoms with Gasteiger partial charge in [0.05, 0.1) is 12.7 Å². The molecule has 2 heterocycles. The van der Waals surface area contributed by atoms with Gasteiger partial charge in [0.2, 0.25) is 0 Å². The average Bonchev–Trinajstić information content (AvgIpc) is 2.81. The fourth-order valence-corrected chi connectivity index (χ4v) is 2.96. The Morgan fingerprint density at radius 2 is 2.20 bits per heavy atom. The van der Waals surface area contributed by atoms with Crippen molar-refractivity contribution in [1.29, 1.82) is 0 Å². The highest BCUT2D eigenvalue weighted by atomic mass is 35.5. The van der Waals surface area contributed by atoms with Crippen molar-refractivity contribution in [2.45, 2.75) is 44.6 Å². The second-order valence-corrected chi connectivity index (χ2v) is 5.23. The summed E-state index contributed by atoms with van der Waals surface area (Å²) in [5.74, 6) is 0.736. The van der Waals surface area contributed by atoms with Crippen molar-refractivity contribution in [3.8, 4) is 0 Å². The molecule has 0 bridgehead atoms. The predicted octanol–water partition coefficient (Wildman–Crippen LogP) is 2.98. The monoisotopic (exact) mass is 232 g/mol. The van der Waals surface area contributed by atoms with E-state index >= 15 is 0 Å². The van der Waals surface area contributed by atoms with Crippen LogP contribution in [0, 0.1) is 5.41 Å². The van der Waals surface area contributed by atoms with Gasteiger partial charge in [-0.25, -0.2) is 0 Å². The maximum atomic E-state index is 6.10. The minimum absolute atomic E-state index is 0.242. The second-order valence-electron chi connectivity index (χ2n) is 4.96. The molecule has 0 amide bonds. The molecule has 2 unspecified atom stereocenters. The van der Waals surface area contributed by atoms with E-state index in [1.165, 1.54) is 25.7 Å². The Morgan fingerprint density at radius 3 is 2.80 bits per heavy atom. The first kappa shape index (κ1) is 11.7.